The number of carboxylic acid groups (broad SMARTS) is 2. The van der Waals surface area contributed by atoms with Crippen molar-refractivity contribution < 1.29 is 44.1 Å². The van der Waals surface area contributed by atoms with E-state index in [-0.39, 0.29) is 31.8 Å². The molecule has 0 aromatic carbocycles. The van der Waals surface area contributed by atoms with Gasteiger partial charge in [0.25, 0.3) is 0 Å². The largest absolute Gasteiger partial charge is 0.481 e. The molecule has 17 heteroatoms. The Balaban J connectivity index is 5.66. The molecule has 0 heterocycles. The van der Waals surface area contributed by atoms with Crippen LogP contribution >= 0.6 is 0 Å². The van der Waals surface area contributed by atoms with Crippen LogP contribution < -0.4 is 38.9 Å². The Morgan fingerprint density at radius 1 is 0.800 bits per heavy atom. The molecular formula is C18H32N8O9. The Morgan fingerprint density at radius 2 is 1.31 bits per heavy atom. The quantitative estimate of drug-likeness (QED) is 0.0504. The van der Waals surface area contributed by atoms with Crippen molar-refractivity contribution in [1.82, 2.24) is 16.0 Å². The van der Waals surface area contributed by atoms with E-state index in [2.05, 4.69) is 20.9 Å². The number of aliphatic imine (C=N–C) groups is 1. The van der Waals surface area contributed by atoms with Crippen LogP contribution in [-0.2, 0) is 28.8 Å². The van der Waals surface area contributed by atoms with Crippen molar-refractivity contribution in [3.63, 3.8) is 0 Å². The van der Waals surface area contributed by atoms with Gasteiger partial charge in [0.15, 0.2) is 5.96 Å². The predicted octanol–water partition coefficient (Wildman–Crippen LogP) is -5.36. The maximum atomic E-state index is 12.8. The lowest BCUT2D eigenvalue weighted by Gasteiger charge is -2.24. The van der Waals surface area contributed by atoms with Crippen LogP contribution in [-0.4, -0.2) is 94.2 Å². The topological polar surface area (TPSA) is 316 Å². The minimum atomic E-state index is -1.68. The highest BCUT2D eigenvalue weighted by Gasteiger charge is 2.30. The lowest BCUT2D eigenvalue weighted by molar-refractivity contribution is -0.143. The zero-order chi connectivity index (χ0) is 27.1. The van der Waals surface area contributed by atoms with Gasteiger partial charge in [-0.3, -0.25) is 29.0 Å². The summed E-state index contributed by atoms with van der Waals surface area (Å²) in [5, 5.41) is 33.7. The second kappa shape index (κ2) is 15.8. The number of aliphatic hydroxyl groups is 1. The van der Waals surface area contributed by atoms with Crippen LogP contribution in [0.2, 0.25) is 0 Å². The number of hydrogen-bond donors (Lipinski definition) is 10. The van der Waals surface area contributed by atoms with Crippen LogP contribution in [0.5, 0.6) is 0 Å². The normalized spacial score (nSPS) is 13.9. The fraction of sp³-hybridized carbons (Fsp3) is 0.611. The molecule has 14 N–H and O–H groups in total. The fourth-order valence-corrected chi connectivity index (χ4v) is 2.62. The first kappa shape index (κ1) is 31.0. The van der Waals surface area contributed by atoms with Gasteiger partial charge in [0.1, 0.15) is 24.2 Å². The van der Waals surface area contributed by atoms with Crippen LogP contribution in [0.25, 0.3) is 0 Å². The number of nitrogens with zero attached hydrogens (tertiary/aromatic N) is 1. The Bertz CT molecular complexity index is 816. The molecule has 0 rings (SSSR count). The number of carbonyl (C=O) groups is 6. The third-order valence-electron chi connectivity index (χ3n) is 4.41. The third kappa shape index (κ3) is 13.3. The van der Waals surface area contributed by atoms with Gasteiger partial charge in [-0.25, -0.2) is 4.79 Å². The highest BCUT2D eigenvalue weighted by Crippen LogP contribution is 2.05. The molecule has 198 valence electrons. The number of carboxylic acids is 2. The van der Waals surface area contributed by atoms with Gasteiger partial charge in [-0.1, -0.05) is 0 Å². The van der Waals surface area contributed by atoms with Crippen LogP contribution in [0.15, 0.2) is 4.99 Å². The summed E-state index contributed by atoms with van der Waals surface area (Å²) in [6, 6.07) is -5.91. The third-order valence-corrected chi connectivity index (χ3v) is 4.41. The molecule has 35 heavy (non-hydrogen) atoms. The number of aliphatic carboxylic acids is 2. The molecule has 0 spiro atoms. The van der Waals surface area contributed by atoms with E-state index in [4.69, 9.17) is 33.1 Å². The lowest BCUT2D eigenvalue weighted by Crippen LogP contribution is -2.57. The van der Waals surface area contributed by atoms with E-state index in [0.717, 1.165) is 0 Å². The van der Waals surface area contributed by atoms with E-state index in [1.54, 1.807) is 0 Å². The standard InChI is InChI=1S/C18H32N8O9/c19-8(7-27)14(31)24-10(3-4-13(29)30)16(33)25-9(2-1-5-23-18(21)22)15(32)26-11(17(34)35)6-12(20)28/h8-11,27H,1-7,19H2,(H2,20,28)(H,24,31)(H,25,33)(H,26,32)(H,29,30)(H,34,35)(H4,21,22,23). The Kier molecular flexibility index (Phi) is 14.0. The van der Waals surface area contributed by atoms with Gasteiger partial charge in [-0.2, -0.15) is 0 Å². The molecule has 0 aliphatic heterocycles. The molecule has 0 aromatic heterocycles. The van der Waals surface area contributed by atoms with Gasteiger partial charge in [-0.05, 0) is 19.3 Å². The van der Waals surface area contributed by atoms with Gasteiger partial charge in [-0.15, -0.1) is 0 Å². The number of primary amides is 1. The minimum Gasteiger partial charge on any atom is -0.481 e. The van der Waals surface area contributed by atoms with Crippen molar-refractivity contribution in [2.24, 2.45) is 27.9 Å². The van der Waals surface area contributed by atoms with E-state index < -0.39 is 79.2 Å². The Morgan fingerprint density at radius 3 is 1.77 bits per heavy atom. The first-order valence-electron chi connectivity index (χ1n) is 10.3. The number of amides is 4. The van der Waals surface area contributed by atoms with E-state index in [9.17, 15) is 33.9 Å². The van der Waals surface area contributed by atoms with Gasteiger partial charge >= 0.3 is 11.9 Å². The van der Waals surface area contributed by atoms with Gasteiger partial charge < -0.3 is 54.2 Å². The van der Waals surface area contributed by atoms with Crippen molar-refractivity contribution in [1.29, 1.82) is 0 Å². The van der Waals surface area contributed by atoms with Crippen molar-refractivity contribution in [2.75, 3.05) is 13.2 Å². The molecule has 0 bridgehead atoms. The summed E-state index contributed by atoms with van der Waals surface area (Å²) in [6.07, 6.45) is -1.59. The maximum absolute atomic E-state index is 12.8. The molecule has 0 saturated carbocycles. The number of guanidine groups is 1. The van der Waals surface area contributed by atoms with Crippen LogP contribution in [0, 0.1) is 0 Å². The summed E-state index contributed by atoms with van der Waals surface area (Å²) >= 11 is 0. The fourth-order valence-electron chi connectivity index (χ4n) is 2.62. The van der Waals surface area contributed by atoms with Crippen LogP contribution in [0.4, 0.5) is 0 Å². The zero-order valence-electron chi connectivity index (χ0n) is 18.8. The monoisotopic (exact) mass is 504 g/mol. The van der Waals surface area contributed by atoms with Crippen molar-refractivity contribution in [3.8, 4) is 0 Å². The van der Waals surface area contributed by atoms with Crippen molar-refractivity contribution in [3.05, 3.63) is 0 Å². The van der Waals surface area contributed by atoms with E-state index >= 15 is 0 Å². The Hall–Kier alpha value is -3.99. The summed E-state index contributed by atoms with van der Waals surface area (Å²) in [5.74, 6) is -6.96. The highest BCUT2D eigenvalue weighted by atomic mass is 16.4. The van der Waals surface area contributed by atoms with Gasteiger partial charge in [0.2, 0.25) is 23.6 Å². The summed E-state index contributed by atoms with van der Waals surface area (Å²) in [4.78, 5) is 74.6. The summed E-state index contributed by atoms with van der Waals surface area (Å²) in [6.45, 7) is -0.693. The number of aliphatic hydroxyl groups excluding tert-OH is 1. The molecule has 4 amide bonds. The maximum Gasteiger partial charge on any atom is 0.326 e. The molecule has 0 saturated heterocycles. The summed E-state index contributed by atoms with van der Waals surface area (Å²) in [5.41, 5.74) is 20.8. The number of carbonyl (C=O) groups excluding carboxylic acids is 4. The van der Waals surface area contributed by atoms with Crippen LogP contribution in [0.3, 0.4) is 0 Å². The number of hydrogen-bond acceptors (Lipinski definition) is 9. The first-order chi connectivity index (χ1) is 16.3. The zero-order valence-corrected chi connectivity index (χ0v) is 18.8. The summed E-state index contributed by atoms with van der Waals surface area (Å²) in [7, 11) is 0. The van der Waals surface area contributed by atoms with Gasteiger partial charge in [0, 0.05) is 13.0 Å². The van der Waals surface area contributed by atoms with Gasteiger partial charge in [0.05, 0.1) is 13.0 Å². The second-order valence-electron chi connectivity index (χ2n) is 7.36. The number of rotatable bonds is 17. The minimum absolute atomic E-state index is 0.0517. The molecule has 0 aromatic rings. The average Bonchev–Trinajstić information content (AvgIpc) is 2.76. The molecule has 0 radical (unpaired) electrons. The van der Waals surface area contributed by atoms with Crippen molar-refractivity contribution >= 4 is 41.5 Å². The van der Waals surface area contributed by atoms with E-state index in [0.29, 0.717) is 0 Å². The lowest BCUT2D eigenvalue weighted by atomic mass is 10.1. The molecule has 17 nitrogen and oxygen atoms in total. The molecule has 4 atom stereocenters. The van der Waals surface area contributed by atoms with E-state index in [1.807, 2.05) is 0 Å². The first-order valence-corrected chi connectivity index (χ1v) is 10.3. The smallest absolute Gasteiger partial charge is 0.326 e. The molecular weight excluding hydrogens is 472 g/mol. The average molecular weight is 505 g/mol. The molecule has 4 unspecified atom stereocenters. The summed E-state index contributed by atoms with van der Waals surface area (Å²) < 4.78 is 0. The number of nitrogens with one attached hydrogen (secondary N) is 3. The highest BCUT2D eigenvalue weighted by molar-refractivity contribution is 5.95. The second-order valence-corrected chi connectivity index (χ2v) is 7.36. The SMILES string of the molecule is NC(=O)CC(NC(=O)C(CCCN=C(N)N)NC(=O)C(CCC(=O)O)NC(=O)C(N)CO)C(=O)O. The van der Waals surface area contributed by atoms with Crippen LogP contribution in [0.1, 0.15) is 32.1 Å². The van der Waals surface area contributed by atoms with Crippen molar-refractivity contribution in [2.45, 2.75) is 56.3 Å². The Labute approximate surface area is 199 Å². The molecule has 0 aliphatic rings. The molecule has 0 fully saturated rings. The van der Waals surface area contributed by atoms with E-state index in [1.165, 1.54) is 0 Å². The molecule has 0 aliphatic carbocycles. The predicted molar refractivity (Wildman–Crippen MR) is 119 cm³/mol. The number of nitrogens with two attached hydrogens (primary N) is 4.